The summed E-state index contributed by atoms with van der Waals surface area (Å²) in [6.45, 7) is 3.31. The lowest BCUT2D eigenvalue weighted by molar-refractivity contribution is -0.116. The predicted molar refractivity (Wildman–Crippen MR) is 94.0 cm³/mol. The van der Waals surface area contributed by atoms with Gasteiger partial charge in [-0.2, -0.15) is 8.42 Å². The molecular formula is C15H19N3O3S2. The van der Waals surface area contributed by atoms with Gasteiger partial charge in [-0.3, -0.25) is 9.52 Å². The summed E-state index contributed by atoms with van der Waals surface area (Å²) in [7, 11) is -3.63. The molecule has 0 spiro atoms. The third-order valence-electron chi connectivity index (χ3n) is 3.40. The maximum Gasteiger partial charge on any atom is 0.342 e. The number of rotatable bonds is 5. The number of benzene rings is 1. The van der Waals surface area contributed by atoms with E-state index in [1.807, 2.05) is 30.5 Å². The molecule has 0 unspecified atom stereocenters. The van der Waals surface area contributed by atoms with Gasteiger partial charge in [-0.15, -0.1) is 16.2 Å². The van der Waals surface area contributed by atoms with Crippen molar-refractivity contribution in [1.29, 1.82) is 0 Å². The van der Waals surface area contributed by atoms with E-state index in [4.69, 9.17) is 0 Å². The van der Waals surface area contributed by atoms with Gasteiger partial charge >= 0.3 is 10.2 Å². The van der Waals surface area contributed by atoms with Crippen molar-refractivity contribution >= 4 is 39.3 Å². The molecule has 0 atom stereocenters. The molecule has 0 aromatic heterocycles. The smallest absolute Gasteiger partial charge is 0.326 e. The number of nitrogens with one attached hydrogen (secondary N) is 2. The quantitative estimate of drug-likeness (QED) is 0.797. The van der Waals surface area contributed by atoms with Crippen LogP contribution in [0.15, 0.2) is 44.8 Å². The van der Waals surface area contributed by atoms with E-state index in [2.05, 4.69) is 14.4 Å². The van der Waals surface area contributed by atoms with Gasteiger partial charge in [0.2, 0.25) is 5.91 Å². The monoisotopic (exact) mass is 353 g/mol. The molecule has 1 aromatic rings. The van der Waals surface area contributed by atoms with E-state index >= 15 is 0 Å². The maximum absolute atomic E-state index is 12.0. The summed E-state index contributed by atoms with van der Waals surface area (Å²) < 4.78 is 28.8. The molecule has 2 rings (SSSR count). The molecule has 0 radical (unpaired) electrons. The Kier molecular flexibility index (Phi) is 5.48. The maximum atomic E-state index is 12.0. The Hall–Kier alpha value is -1.80. The number of allylic oxidation sites excluding steroid dienone is 2. The van der Waals surface area contributed by atoms with Gasteiger partial charge in [0.25, 0.3) is 0 Å². The lowest BCUT2D eigenvalue weighted by Crippen LogP contribution is -2.28. The van der Waals surface area contributed by atoms with Crippen molar-refractivity contribution in [3.8, 4) is 0 Å². The van der Waals surface area contributed by atoms with Crippen molar-refractivity contribution in [1.82, 2.24) is 4.72 Å². The highest BCUT2D eigenvalue weighted by Gasteiger charge is 2.20. The average molecular weight is 353 g/mol. The van der Waals surface area contributed by atoms with Gasteiger partial charge in [-0.1, -0.05) is 0 Å². The first kappa shape index (κ1) is 17.6. The number of thioether (sulfide) groups is 1. The van der Waals surface area contributed by atoms with Gasteiger partial charge in [0.05, 0.1) is 5.71 Å². The van der Waals surface area contributed by atoms with Gasteiger partial charge < -0.3 is 5.32 Å². The number of hydrogen-bond acceptors (Lipinski definition) is 4. The first-order chi connectivity index (χ1) is 10.8. The van der Waals surface area contributed by atoms with Crippen LogP contribution in [0.25, 0.3) is 0 Å². The molecule has 0 saturated heterocycles. The molecule has 1 aliphatic rings. The summed E-state index contributed by atoms with van der Waals surface area (Å²) in [5.74, 6) is -0.122. The zero-order valence-electron chi connectivity index (χ0n) is 13.2. The molecule has 2 N–H and O–H groups in total. The Labute approximate surface area is 140 Å². The van der Waals surface area contributed by atoms with Crippen LogP contribution in [0.5, 0.6) is 0 Å². The summed E-state index contributed by atoms with van der Waals surface area (Å²) in [4.78, 5) is 13.2. The van der Waals surface area contributed by atoms with E-state index in [-0.39, 0.29) is 12.3 Å². The van der Waals surface area contributed by atoms with Gasteiger partial charge in [-0.25, -0.2) is 0 Å². The van der Waals surface area contributed by atoms with Gasteiger partial charge in [0.15, 0.2) is 0 Å². The normalized spacial score (nSPS) is 16.6. The number of amides is 1. The molecule has 0 fully saturated rings. The van der Waals surface area contributed by atoms with Crippen molar-refractivity contribution in [2.45, 2.75) is 31.6 Å². The summed E-state index contributed by atoms with van der Waals surface area (Å²) in [5, 5.41) is 2.83. The first-order valence-corrected chi connectivity index (χ1v) is 9.70. The van der Waals surface area contributed by atoms with E-state index in [1.54, 1.807) is 25.6 Å². The minimum absolute atomic E-state index is 0.122. The third-order valence-corrected chi connectivity index (χ3v) is 5.23. The Morgan fingerprint density at radius 2 is 1.91 bits per heavy atom. The van der Waals surface area contributed by atoms with E-state index < -0.39 is 10.2 Å². The number of nitrogens with zero attached hydrogens (tertiary/aromatic N) is 1. The Morgan fingerprint density at radius 3 is 2.48 bits per heavy atom. The van der Waals surface area contributed by atoms with Crippen LogP contribution in [-0.2, 0) is 15.0 Å². The molecule has 0 aliphatic carbocycles. The van der Waals surface area contributed by atoms with Gasteiger partial charge in [0.1, 0.15) is 0 Å². The fraction of sp³-hybridized carbons (Fsp3) is 0.333. The van der Waals surface area contributed by atoms with E-state index in [9.17, 15) is 13.2 Å². The molecule has 8 heteroatoms. The van der Waals surface area contributed by atoms with Crippen LogP contribution in [0.3, 0.4) is 0 Å². The molecular weight excluding hydrogens is 334 g/mol. The van der Waals surface area contributed by atoms with Crippen LogP contribution in [-0.4, -0.2) is 26.3 Å². The van der Waals surface area contributed by atoms with Crippen LogP contribution < -0.4 is 10.0 Å². The SMILES string of the molecule is CSc1ccc(NC(=O)CCC2=C(C)NS(=O)(=O)N=C2C)cc1. The topological polar surface area (TPSA) is 87.6 Å². The van der Waals surface area contributed by atoms with Gasteiger partial charge in [0, 0.05) is 22.7 Å². The zero-order chi connectivity index (χ0) is 17.0. The minimum atomic E-state index is -3.63. The third kappa shape index (κ3) is 4.84. The molecule has 1 aromatic carbocycles. The van der Waals surface area contributed by atoms with Gasteiger partial charge in [-0.05, 0) is 56.4 Å². The predicted octanol–water partition coefficient (Wildman–Crippen LogP) is 2.71. The highest BCUT2D eigenvalue weighted by Crippen LogP contribution is 2.20. The fourth-order valence-corrected chi connectivity index (χ4v) is 3.72. The molecule has 0 bridgehead atoms. The summed E-state index contributed by atoms with van der Waals surface area (Å²) in [6, 6.07) is 7.60. The standard InChI is InChI=1S/C15H19N3O3S2/c1-10-14(11(2)18-23(20,21)17-10)8-9-15(19)16-12-4-6-13(22-3)7-5-12/h4-7,17H,8-9H2,1-3H3,(H,16,19). The Morgan fingerprint density at radius 1 is 1.26 bits per heavy atom. The molecule has 6 nitrogen and oxygen atoms in total. The zero-order valence-corrected chi connectivity index (χ0v) is 14.8. The molecule has 124 valence electrons. The Bertz CT molecular complexity index is 766. The minimum Gasteiger partial charge on any atom is -0.326 e. The van der Waals surface area contributed by atoms with Crippen LogP contribution in [0, 0.1) is 0 Å². The second kappa shape index (κ2) is 7.18. The first-order valence-electron chi connectivity index (χ1n) is 7.04. The molecule has 1 aliphatic heterocycles. The van der Waals surface area contributed by atoms with Crippen molar-refractivity contribution in [2.75, 3.05) is 11.6 Å². The molecule has 1 heterocycles. The number of carbonyl (C=O) groups excluding carboxylic acids is 1. The number of anilines is 1. The van der Waals surface area contributed by atoms with E-state index in [1.165, 1.54) is 0 Å². The lowest BCUT2D eigenvalue weighted by atomic mass is 10.0. The van der Waals surface area contributed by atoms with Crippen LogP contribution >= 0.6 is 11.8 Å². The number of hydrogen-bond donors (Lipinski definition) is 2. The molecule has 23 heavy (non-hydrogen) atoms. The van der Waals surface area contributed by atoms with Crippen molar-refractivity contribution in [2.24, 2.45) is 4.40 Å². The highest BCUT2D eigenvalue weighted by molar-refractivity contribution is 7.98. The van der Waals surface area contributed by atoms with Crippen molar-refractivity contribution in [3.05, 3.63) is 35.5 Å². The van der Waals surface area contributed by atoms with Crippen LogP contribution in [0.2, 0.25) is 0 Å². The second-order valence-electron chi connectivity index (χ2n) is 5.13. The van der Waals surface area contributed by atoms with Crippen LogP contribution in [0.4, 0.5) is 5.69 Å². The fourth-order valence-electron chi connectivity index (χ4n) is 2.29. The summed E-state index contributed by atoms with van der Waals surface area (Å²) in [5.41, 5.74) is 2.45. The van der Waals surface area contributed by atoms with Crippen LogP contribution in [0.1, 0.15) is 26.7 Å². The van der Waals surface area contributed by atoms with Crippen molar-refractivity contribution < 1.29 is 13.2 Å². The van der Waals surface area contributed by atoms with E-state index in [0.29, 0.717) is 17.8 Å². The van der Waals surface area contributed by atoms with Crippen molar-refractivity contribution in [3.63, 3.8) is 0 Å². The second-order valence-corrected chi connectivity index (χ2v) is 7.35. The molecule has 1 amide bonds. The lowest BCUT2D eigenvalue weighted by Gasteiger charge is -2.17. The van der Waals surface area contributed by atoms with E-state index in [0.717, 1.165) is 16.2 Å². The Balaban J connectivity index is 1.95. The molecule has 0 saturated carbocycles. The largest absolute Gasteiger partial charge is 0.342 e. The summed E-state index contributed by atoms with van der Waals surface area (Å²) in [6.07, 6.45) is 2.68. The summed E-state index contributed by atoms with van der Waals surface area (Å²) >= 11 is 1.64. The highest BCUT2D eigenvalue weighted by atomic mass is 32.2. The average Bonchev–Trinajstić information content (AvgIpc) is 2.46. The number of carbonyl (C=O) groups is 1.